The van der Waals surface area contributed by atoms with E-state index in [-0.39, 0.29) is 21.9 Å². The number of thiophene rings is 1. The molecule has 0 aliphatic rings. The molecule has 2 aromatic heterocycles. The Hall–Kier alpha value is -4.20. The van der Waals surface area contributed by atoms with Crippen molar-refractivity contribution in [1.82, 2.24) is 4.98 Å². The van der Waals surface area contributed by atoms with Gasteiger partial charge < -0.3 is 15.6 Å². The summed E-state index contributed by atoms with van der Waals surface area (Å²) in [4.78, 5) is 31.5. The summed E-state index contributed by atoms with van der Waals surface area (Å²) < 4.78 is 5.27. The summed E-state index contributed by atoms with van der Waals surface area (Å²) in [5.41, 5.74) is 9.15. The van der Waals surface area contributed by atoms with Crippen LogP contribution in [0.3, 0.4) is 0 Å². The highest BCUT2D eigenvalue weighted by Gasteiger charge is 2.28. The molecule has 5 aromatic rings. The van der Waals surface area contributed by atoms with E-state index in [0.717, 1.165) is 11.3 Å². The van der Waals surface area contributed by atoms with E-state index in [1.807, 2.05) is 18.2 Å². The maximum absolute atomic E-state index is 13.4. The molecule has 0 unspecified atom stereocenters. The van der Waals surface area contributed by atoms with E-state index in [4.69, 9.17) is 27.1 Å². The summed E-state index contributed by atoms with van der Waals surface area (Å²) in [6, 6.07) is 22.6. The highest BCUT2D eigenvalue weighted by molar-refractivity contribution is 7.21. The predicted molar refractivity (Wildman–Crippen MR) is 143 cm³/mol. The molecule has 0 aliphatic carbocycles. The average molecular weight is 515 g/mol. The summed E-state index contributed by atoms with van der Waals surface area (Å²) >= 11 is 7.12. The predicted octanol–water partition coefficient (Wildman–Crippen LogP) is 6.80. The summed E-state index contributed by atoms with van der Waals surface area (Å²) in [5.74, 6) is -0.808. The SMILES string of the molecule is COc1ccc(-c2c(C(=O)O)c(-c3ccccc3)nc3sc(C(=O)c4ccc(Cl)cc4)c(N)c23)cc1. The zero-order chi connectivity index (χ0) is 25.4. The third kappa shape index (κ3) is 4.08. The van der Waals surface area contributed by atoms with Gasteiger partial charge in [-0.05, 0) is 42.0 Å². The number of rotatable bonds is 6. The number of nitrogen functional groups attached to an aromatic ring is 1. The first-order valence-corrected chi connectivity index (χ1v) is 12.1. The fourth-order valence-corrected chi connectivity index (χ4v) is 5.31. The molecule has 8 heteroatoms. The first kappa shape index (κ1) is 23.5. The topological polar surface area (TPSA) is 103 Å². The molecule has 0 spiro atoms. The number of carbonyl (C=O) groups excluding carboxylic acids is 1. The lowest BCUT2D eigenvalue weighted by atomic mass is 9.92. The number of methoxy groups -OCH3 is 1. The van der Waals surface area contributed by atoms with Gasteiger partial charge in [-0.15, -0.1) is 11.3 Å². The summed E-state index contributed by atoms with van der Waals surface area (Å²) in [6.45, 7) is 0. The van der Waals surface area contributed by atoms with Crippen molar-refractivity contribution >= 4 is 50.6 Å². The van der Waals surface area contributed by atoms with E-state index in [1.54, 1.807) is 67.8 Å². The van der Waals surface area contributed by atoms with Crippen LogP contribution in [-0.2, 0) is 0 Å². The number of nitrogens with two attached hydrogens (primary N) is 1. The summed E-state index contributed by atoms with van der Waals surface area (Å²) in [6.07, 6.45) is 0. The average Bonchev–Trinajstić information content (AvgIpc) is 3.24. The maximum atomic E-state index is 13.4. The molecule has 0 bridgehead atoms. The quantitative estimate of drug-likeness (QED) is 0.241. The molecule has 2 heterocycles. The Labute approximate surface area is 215 Å². The molecular formula is C28H19ClN2O4S. The van der Waals surface area contributed by atoms with E-state index in [0.29, 0.717) is 48.9 Å². The van der Waals surface area contributed by atoms with Gasteiger partial charge in [-0.1, -0.05) is 54.1 Å². The van der Waals surface area contributed by atoms with E-state index in [1.165, 1.54) is 0 Å². The van der Waals surface area contributed by atoms with Gasteiger partial charge in [-0.3, -0.25) is 4.79 Å². The number of halogens is 1. The van der Waals surface area contributed by atoms with Crippen LogP contribution in [0.5, 0.6) is 5.75 Å². The van der Waals surface area contributed by atoms with Crippen LogP contribution in [0.15, 0.2) is 78.9 Å². The second kappa shape index (κ2) is 9.45. The number of aromatic nitrogens is 1. The van der Waals surface area contributed by atoms with Gasteiger partial charge in [0.25, 0.3) is 0 Å². The lowest BCUT2D eigenvalue weighted by Gasteiger charge is -2.14. The van der Waals surface area contributed by atoms with Gasteiger partial charge in [-0.25, -0.2) is 9.78 Å². The van der Waals surface area contributed by atoms with Gasteiger partial charge in [-0.2, -0.15) is 0 Å². The highest BCUT2D eigenvalue weighted by atomic mass is 35.5. The summed E-state index contributed by atoms with van der Waals surface area (Å²) in [5, 5.41) is 11.3. The van der Waals surface area contributed by atoms with Crippen LogP contribution in [0.4, 0.5) is 5.69 Å². The standard InChI is InChI=1S/C28H19ClN2O4S/c1-35-19-13-9-15(10-14-19)20-21-23(30)26(25(32)17-7-11-18(29)12-8-17)36-27(21)31-24(22(20)28(33)34)16-5-3-2-4-6-16/h2-14H,30H2,1H3,(H,33,34). The van der Waals surface area contributed by atoms with Gasteiger partial charge in [0.1, 0.15) is 15.5 Å². The third-order valence-corrected chi connectivity index (χ3v) is 7.18. The Morgan fingerprint density at radius 2 is 1.61 bits per heavy atom. The molecule has 0 fully saturated rings. The number of pyridine rings is 1. The Balaban J connectivity index is 1.85. The molecule has 36 heavy (non-hydrogen) atoms. The Bertz CT molecular complexity index is 1610. The number of benzene rings is 3. The van der Waals surface area contributed by atoms with Gasteiger partial charge in [0.05, 0.1) is 24.1 Å². The third-order valence-electron chi connectivity index (χ3n) is 5.83. The summed E-state index contributed by atoms with van der Waals surface area (Å²) in [7, 11) is 1.56. The number of ether oxygens (including phenoxy) is 1. The second-order valence-corrected chi connectivity index (χ2v) is 9.41. The Kier molecular flexibility index (Phi) is 6.18. The van der Waals surface area contributed by atoms with E-state index < -0.39 is 5.97 Å². The van der Waals surface area contributed by atoms with Gasteiger partial charge in [0.2, 0.25) is 5.78 Å². The van der Waals surface area contributed by atoms with Crippen molar-refractivity contribution in [3.05, 3.63) is 99.9 Å². The second-order valence-electron chi connectivity index (χ2n) is 7.97. The molecular weight excluding hydrogens is 496 g/mol. The molecule has 0 saturated heterocycles. The van der Waals surface area contributed by atoms with Crippen molar-refractivity contribution in [3.63, 3.8) is 0 Å². The van der Waals surface area contributed by atoms with Gasteiger partial charge >= 0.3 is 5.97 Å². The van der Waals surface area contributed by atoms with Gasteiger partial charge in [0.15, 0.2) is 0 Å². The minimum Gasteiger partial charge on any atom is -0.497 e. The van der Waals surface area contributed by atoms with Gasteiger partial charge in [0, 0.05) is 27.1 Å². The zero-order valence-corrected chi connectivity index (χ0v) is 20.6. The molecule has 0 amide bonds. The van der Waals surface area contributed by atoms with Crippen molar-refractivity contribution < 1.29 is 19.4 Å². The number of carboxylic acids is 1. The first-order chi connectivity index (χ1) is 17.4. The van der Waals surface area contributed by atoms with E-state index in [9.17, 15) is 14.7 Å². The molecule has 3 N–H and O–H groups in total. The number of aromatic carboxylic acids is 1. The van der Waals surface area contributed by atoms with Crippen LogP contribution in [0, 0.1) is 0 Å². The monoisotopic (exact) mass is 514 g/mol. The highest BCUT2D eigenvalue weighted by Crippen LogP contribution is 2.45. The van der Waals surface area contributed by atoms with Crippen molar-refractivity contribution in [2.24, 2.45) is 0 Å². The van der Waals surface area contributed by atoms with E-state index >= 15 is 0 Å². The number of hydrogen-bond donors (Lipinski definition) is 2. The van der Waals surface area contributed by atoms with Crippen molar-refractivity contribution in [1.29, 1.82) is 0 Å². The normalized spacial score (nSPS) is 10.9. The molecule has 6 nitrogen and oxygen atoms in total. The van der Waals surface area contributed by atoms with Crippen molar-refractivity contribution in [2.45, 2.75) is 0 Å². The van der Waals surface area contributed by atoms with Crippen LogP contribution >= 0.6 is 22.9 Å². The fourth-order valence-electron chi connectivity index (χ4n) is 4.11. The smallest absolute Gasteiger partial charge is 0.338 e. The number of carboxylic acid groups (broad SMARTS) is 1. The number of hydrogen-bond acceptors (Lipinski definition) is 6. The van der Waals surface area contributed by atoms with Crippen molar-refractivity contribution in [3.8, 4) is 28.1 Å². The minimum atomic E-state index is -1.15. The molecule has 0 atom stereocenters. The Morgan fingerprint density at radius 1 is 0.944 bits per heavy atom. The number of ketones is 1. The minimum absolute atomic E-state index is 0.00820. The van der Waals surface area contributed by atoms with Crippen LogP contribution in [0.2, 0.25) is 5.02 Å². The van der Waals surface area contributed by atoms with Crippen LogP contribution in [0.1, 0.15) is 25.6 Å². The lowest BCUT2D eigenvalue weighted by molar-refractivity contribution is 0.0698. The molecule has 3 aromatic carbocycles. The maximum Gasteiger partial charge on any atom is 0.338 e. The van der Waals surface area contributed by atoms with Crippen LogP contribution in [0.25, 0.3) is 32.6 Å². The lowest BCUT2D eigenvalue weighted by Crippen LogP contribution is -2.06. The van der Waals surface area contributed by atoms with Crippen LogP contribution < -0.4 is 10.5 Å². The molecule has 5 rings (SSSR count). The number of carbonyl (C=O) groups is 2. The molecule has 0 aliphatic heterocycles. The molecule has 0 radical (unpaired) electrons. The number of anilines is 1. The number of fused-ring (bicyclic) bond motifs is 1. The first-order valence-electron chi connectivity index (χ1n) is 10.9. The largest absolute Gasteiger partial charge is 0.497 e. The zero-order valence-electron chi connectivity index (χ0n) is 19.0. The molecule has 0 saturated carbocycles. The fraction of sp³-hybridized carbons (Fsp3) is 0.0357. The molecule has 178 valence electrons. The van der Waals surface area contributed by atoms with Crippen molar-refractivity contribution in [2.75, 3.05) is 12.8 Å². The van der Waals surface area contributed by atoms with E-state index in [2.05, 4.69) is 0 Å². The van der Waals surface area contributed by atoms with Crippen LogP contribution in [-0.4, -0.2) is 29.0 Å². The Morgan fingerprint density at radius 3 is 2.22 bits per heavy atom. The number of nitrogens with zero attached hydrogens (tertiary/aromatic N) is 1.